The fraction of sp³-hybridized carbons (Fsp3) is 0.222. The Kier molecular flexibility index (Phi) is 6.71. The minimum atomic E-state index is -0.138. The van der Waals surface area contributed by atoms with E-state index in [1.165, 1.54) is 18.7 Å². The van der Waals surface area contributed by atoms with Crippen LogP contribution in [0.5, 0.6) is 17.2 Å². The zero-order chi connectivity index (χ0) is 18.2. The second-order valence-electron chi connectivity index (χ2n) is 4.93. The van der Waals surface area contributed by atoms with Crippen LogP contribution in [0, 0.1) is 0 Å². The van der Waals surface area contributed by atoms with E-state index in [1.807, 2.05) is 30.3 Å². The molecule has 2 aromatic rings. The maximum Gasteiger partial charge on any atom is 0.186 e. The number of methoxy groups -OCH3 is 3. The fourth-order valence-corrected chi connectivity index (χ4v) is 2.71. The SMILES string of the molecule is COc1ccc(NN=C(Sc2ccc(OC)c(OC)c2)C(C)=O)cc1. The quantitative estimate of drug-likeness (QED) is 0.350. The number of nitrogens with one attached hydrogen (secondary N) is 1. The number of rotatable bonds is 7. The summed E-state index contributed by atoms with van der Waals surface area (Å²) in [7, 11) is 4.75. The number of hydrogen-bond donors (Lipinski definition) is 1. The molecule has 132 valence electrons. The minimum Gasteiger partial charge on any atom is -0.497 e. The Labute approximate surface area is 151 Å². The summed E-state index contributed by atoms with van der Waals surface area (Å²) in [6, 6.07) is 12.7. The second-order valence-corrected chi connectivity index (χ2v) is 5.99. The molecule has 7 heteroatoms. The minimum absolute atomic E-state index is 0.138. The van der Waals surface area contributed by atoms with E-state index in [1.54, 1.807) is 33.5 Å². The van der Waals surface area contributed by atoms with Gasteiger partial charge < -0.3 is 14.2 Å². The molecule has 6 nitrogen and oxygen atoms in total. The number of Topliss-reactive ketones (excluding diaryl/α,β-unsaturated/α-hetero) is 1. The van der Waals surface area contributed by atoms with E-state index in [2.05, 4.69) is 10.5 Å². The summed E-state index contributed by atoms with van der Waals surface area (Å²) in [5, 5.41) is 4.55. The van der Waals surface area contributed by atoms with Gasteiger partial charge in [0.15, 0.2) is 22.3 Å². The average molecular weight is 360 g/mol. The summed E-state index contributed by atoms with van der Waals surface area (Å²) in [5.74, 6) is 1.84. The third-order valence-electron chi connectivity index (χ3n) is 3.25. The number of ketones is 1. The van der Waals surface area contributed by atoms with Gasteiger partial charge in [-0.05, 0) is 42.5 Å². The Bertz CT molecular complexity index is 760. The van der Waals surface area contributed by atoms with Crippen molar-refractivity contribution < 1.29 is 19.0 Å². The fourth-order valence-electron chi connectivity index (χ4n) is 1.95. The lowest BCUT2D eigenvalue weighted by molar-refractivity contribution is -0.110. The van der Waals surface area contributed by atoms with Gasteiger partial charge in [-0.25, -0.2) is 0 Å². The Morgan fingerprint density at radius 2 is 1.64 bits per heavy atom. The standard InChI is InChI=1S/C18H20N2O4S/c1-12(21)18(20-19-13-5-7-14(22-2)8-6-13)25-15-9-10-16(23-3)17(11-15)24-4/h5-11,19H,1-4H3. The van der Waals surface area contributed by atoms with Crippen LogP contribution < -0.4 is 19.6 Å². The summed E-state index contributed by atoms with van der Waals surface area (Å²) < 4.78 is 15.6. The molecule has 0 heterocycles. The van der Waals surface area contributed by atoms with Gasteiger partial charge in [0.1, 0.15) is 5.75 Å². The van der Waals surface area contributed by atoms with Crippen LogP contribution >= 0.6 is 11.8 Å². The van der Waals surface area contributed by atoms with E-state index in [0.717, 1.165) is 16.3 Å². The highest BCUT2D eigenvalue weighted by molar-refractivity contribution is 8.15. The van der Waals surface area contributed by atoms with Crippen molar-refractivity contribution in [2.75, 3.05) is 26.8 Å². The van der Waals surface area contributed by atoms with Gasteiger partial charge in [-0.2, -0.15) is 5.10 Å². The molecule has 0 bridgehead atoms. The molecule has 2 aromatic carbocycles. The number of thioether (sulfide) groups is 1. The number of hydrazone groups is 1. The molecular formula is C18H20N2O4S. The normalized spacial score (nSPS) is 11.0. The van der Waals surface area contributed by atoms with Gasteiger partial charge in [0.05, 0.1) is 27.0 Å². The van der Waals surface area contributed by atoms with E-state index in [-0.39, 0.29) is 5.78 Å². The summed E-state index contributed by atoms with van der Waals surface area (Å²) in [6.07, 6.45) is 0. The van der Waals surface area contributed by atoms with Gasteiger partial charge in [-0.3, -0.25) is 10.2 Å². The molecule has 0 spiro atoms. The molecule has 0 unspecified atom stereocenters. The molecule has 0 aliphatic heterocycles. The van der Waals surface area contributed by atoms with Gasteiger partial charge in [-0.1, -0.05) is 11.8 Å². The lowest BCUT2D eigenvalue weighted by Gasteiger charge is -2.10. The van der Waals surface area contributed by atoms with Gasteiger partial charge in [0.25, 0.3) is 0 Å². The average Bonchev–Trinajstić information content (AvgIpc) is 2.65. The number of hydrogen-bond acceptors (Lipinski definition) is 7. The summed E-state index contributed by atoms with van der Waals surface area (Å²) in [5.41, 5.74) is 3.64. The zero-order valence-electron chi connectivity index (χ0n) is 14.5. The Morgan fingerprint density at radius 1 is 0.960 bits per heavy atom. The van der Waals surface area contributed by atoms with Gasteiger partial charge in [0, 0.05) is 11.8 Å². The molecule has 2 rings (SSSR count). The first-order valence-corrected chi connectivity index (χ1v) is 8.27. The monoisotopic (exact) mass is 360 g/mol. The first-order chi connectivity index (χ1) is 12.1. The predicted molar refractivity (Wildman–Crippen MR) is 100 cm³/mol. The van der Waals surface area contributed by atoms with E-state index in [4.69, 9.17) is 14.2 Å². The molecule has 0 aliphatic carbocycles. The van der Waals surface area contributed by atoms with Crippen LogP contribution in [0.15, 0.2) is 52.5 Å². The van der Waals surface area contributed by atoms with E-state index >= 15 is 0 Å². The van der Waals surface area contributed by atoms with Crippen molar-refractivity contribution in [1.82, 2.24) is 0 Å². The van der Waals surface area contributed by atoms with Crippen molar-refractivity contribution >= 4 is 28.3 Å². The number of nitrogens with zero attached hydrogens (tertiary/aromatic N) is 1. The molecule has 0 amide bonds. The molecule has 0 radical (unpaired) electrons. The highest BCUT2D eigenvalue weighted by atomic mass is 32.2. The Morgan fingerprint density at radius 3 is 2.20 bits per heavy atom. The van der Waals surface area contributed by atoms with Crippen molar-refractivity contribution in [3.05, 3.63) is 42.5 Å². The van der Waals surface area contributed by atoms with Crippen LogP contribution in [0.2, 0.25) is 0 Å². The first-order valence-electron chi connectivity index (χ1n) is 7.46. The highest BCUT2D eigenvalue weighted by Crippen LogP contribution is 2.32. The van der Waals surface area contributed by atoms with Crippen LogP contribution in [0.4, 0.5) is 5.69 Å². The third kappa shape index (κ3) is 5.15. The number of benzene rings is 2. The van der Waals surface area contributed by atoms with Crippen molar-refractivity contribution in [1.29, 1.82) is 0 Å². The summed E-state index contributed by atoms with van der Waals surface area (Å²) in [4.78, 5) is 12.7. The van der Waals surface area contributed by atoms with E-state index in [0.29, 0.717) is 16.5 Å². The first kappa shape index (κ1) is 18.7. The largest absolute Gasteiger partial charge is 0.497 e. The maximum atomic E-state index is 11.9. The van der Waals surface area contributed by atoms with Gasteiger partial charge in [-0.15, -0.1) is 0 Å². The molecule has 0 saturated heterocycles. The number of anilines is 1. The van der Waals surface area contributed by atoms with Crippen LogP contribution in [0.3, 0.4) is 0 Å². The Balaban J connectivity index is 2.15. The number of carbonyl (C=O) groups is 1. The molecule has 0 atom stereocenters. The predicted octanol–water partition coefficient (Wildman–Crippen LogP) is 3.82. The van der Waals surface area contributed by atoms with E-state index in [9.17, 15) is 4.79 Å². The molecular weight excluding hydrogens is 340 g/mol. The van der Waals surface area contributed by atoms with Crippen molar-refractivity contribution in [3.8, 4) is 17.2 Å². The summed E-state index contributed by atoms with van der Waals surface area (Å²) in [6.45, 7) is 1.47. The van der Waals surface area contributed by atoms with Crippen LogP contribution in [-0.2, 0) is 4.79 Å². The molecule has 0 saturated carbocycles. The number of ether oxygens (including phenoxy) is 3. The smallest absolute Gasteiger partial charge is 0.186 e. The molecule has 25 heavy (non-hydrogen) atoms. The lowest BCUT2D eigenvalue weighted by atomic mass is 10.3. The zero-order valence-corrected chi connectivity index (χ0v) is 15.3. The van der Waals surface area contributed by atoms with Crippen molar-refractivity contribution in [3.63, 3.8) is 0 Å². The van der Waals surface area contributed by atoms with Crippen LogP contribution in [0.25, 0.3) is 0 Å². The molecule has 0 aliphatic rings. The topological polar surface area (TPSA) is 69.2 Å². The Hall–Kier alpha value is -2.67. The summed E-state index contributed by atoms with van der Waals surface area (Å²) >= 11 is 1.25. The van der Waals surface area contributed by atoms with Crippen molar-refractivity contribution in [2.45, 2.75) is 11.8 Å². The van der Waals surface area contributed by atoms with E-state index < -0.39 is 0 Å². The second kappa shape index (κ2) is 8.98. The number of carbonyl (C=O) groups excluding carboxylic acids is 1. The molecule has 0 aromatic heterocycles. The van der Waals surface area contributed by atoms with Crippen LogP contribution in [-0.4, -0.2) is 32.2 Å². The van der Waals surface area contributed by atoms with Crippen molar-refractivity contribution in [2.24, 2.45) is 5.10 Å². The lowest BCUT2D eigenvalue weighted by Crippen LogP contribution is -2.08. The van der Waals surface area contributed by atoms with Gasteiger partial charge in [0.2, 0.25) is 0 Å². The van der Waals surface area contributed by atoms with Gasteiger partial charge >= 0.3 is 0 Å². The molecule has 1 N–H and O–H groups in total. The third-order valence-corrected chi connectivity index (χ3v) is 4.31. The maximum absolute atomic E-state index is 11.9. The van der Waals surface area contributed by atoms with Crippen LogP contribution in [0.1, 0.15) is 6.92 Å². The molecule has 0 fully saturated rings. The highest BCUT2D eigenvalue weighted by Gasteiger charge is 2.12.